The first-order valence-electron chi connectivity index (χ1n) is 7.16. The average molecular weight is 311 g/mol. The molecule has 5 nitrogen and oxygen atoms in total. The second kappa shape index (κ2) is 6.15. The predicted octanol–water partition coefficient (Wildman–Crippen LogP) is 2.59. The summed E-state index contributed by atoms with van der Waals surface area (Å²) in [5.74, 6) is 0.0301. The van der Waals surface area contributed by atoms with Crippen LogP contribution >= 0.6 is 0 Å². The van der Waals surface area contributed by atoms with Gasteiger partial charge in [0.1, 0.15) is 5.60 Å². The van der Waals surface area contributed by atoms with E-state index in [0.717, 1.165) is 12.8 Å². The number of carbonyl (C=O) groups is 1. The molecule has 1 aliphatic rings. The molecule has 1 atom stereocenters. The number of nitrogens with one attached hydrogen (secondary N) is 1. The summed E-state index contributed by atoms with van der Waals surface area (Å²) in [6.07, 6.45) is 2.16. The first-order valence-corrected chi connectivity index (χ1v) is 8.81. The van der Waals surface area contributed by atoms with Crippen molar-refractivity contribution in [2.75, 3.05) is 17.1 Å². The minimum atomic E-state index is -3.31. The van der Waals surface area contributed by atoms with E-state index in [9.17, 15) is 13.2 Å². The van der Waals surface area contributed by atoms with E-state index in [4.69, 9.17) is 4.74 Å². The van der Waals surface area contributed by atoms with Crippen molar-refractivity contribution in [1.29, 1.82) is 0 Å². The molecule has 0 saturated carbocycles. The van der Waals surface area contributed by atoms with Crippen molar-refractivity contribution in [3.63, 3.8) is 0 Å². The van der Waals surface area contributed by atoms with E-state index in [-0.39, 0.29) is 11.5 Å². The molecule has 0 bridgehead atoms. The third-order valence-corrected chi connectivity index (χ3v) is 5.08. The van der Waals surface area contributed by atoms with E-state index in [1.807, 2.05) is 6.92 Å². The molecule has 1 aromatic rings. The van der Waals surface area contributed by atoms with Crippen molar-refractivity contribution in [3.8, 4) is 0 Å². The summed E-state index contributed by atoms with van der Waals surface area (Å²) < 4.78 is 31.4. The summed E-state index contributed by atoms with van der Waals surface area (Å²) in [4.78, 5) is 12.4. The van der Waals surface area contributed by atoms with Gasteiger partial charge in [0.25, 0.3) is 0 Å². The fourth-order valence-corrected chi connectivity index (χ4v) is 3.59. The summed E-state index contributed by atoms with van der Waals surface area (Å²) >= 11 is 0. The lowest BCUT2D eigenvalue weighted by Crippen LogP contribution is -2.34. The summed E-state index contributed by atoms with van der Waals surface area (Å²) in [6, 6.07) is 6.50. The molecule has 0 aromatic heterocycles. The van der Waals surface area contributed by atoms with Crippen LogP contribution in [0, 0.1) is 0 Å². The Morgan fingerprint density at radius 3 is 2.52 bits per heavy atom. The SMILES string of the molecule is CCCS(=O)(=O)Nc1ccc(C(=O)C2(C)CCCO2)cc1. The fourth-order valence-electron chi connectivity index (χ4n) is 2.45. The Hall–Kier alpha value is -1.40. The van der Waals surface area contributed by atoms with Crippen LogP contribution in [0.4, 0.5) is 5.69 Å². The van der Waals surface area contributed by atoms with Crippen molar-refractivity contribution in [2.24, 2.45) is 0 Å². The number of hydrogen-bond donors (Lipinski definition) is 1. The number of ether oxygens (including phenoxy) is 1. The van der Waals surface area contributed by atoms with Gasteiger partial charge in [0.05, 0.1) is 5.75 Å². The molecule has 0 radical (unpaired) electrons. The molecular formula is C15H21NO4S. The smallest absolute Gasteiger partial charge is 0.232 e. The monoisotopic (exact) mass is 311 g/mol. The van der Waals surface area contributed by atoms with Crippen molar-refractivity contribution in [1.82, 2.24) is 0 Å². The van der Waals surface area contributed by atoms with E-state index in [1.165, 1.54) is 0 Å². The van der Waals surface area contributed by atoms with Gasteiger partial charge in [0.2, 0.25) is 10.0 Å². The highest BCUT2D eigenvalue weighted by Crippen LogP contribution is 2.29. The summed E-state index contributed by atoms with van der Waals surface area (Å²) in [7, 11) is -3.31. The number of carbonyl (C=O) groups excluding carboxylic acids is 1. The first-order chi connectivity index (χ1) is 9.86. The molecule has 1 unspecified atom stereocenters. The Morgan fingerprint density at radius 1 is 1.33 bits per heavy atom. The number of sulfonamides is 1. The maximum Gasteiger partial charge on any atom is 0.232 e. The van der Waals surface area contributed by atoms with Gasteiger partial charge in [0.15, 0.2) is 5.78 Å². The third-order valence-electron chi connectivity index (χ3n) is 3.59. The highest BCUT2D eigenvalue weighted by atomic mass is 32.2. The Bertz CT molecular complexity index is 601. The number of hydrogen-bond acceptors (Lipinski definition) is 4. The van der Waals surface area contributed by atoms with Gasteiger partial charge in [-0.25, -0.2) is 8.42 Å². The van der Waals surface area contributed by atoms with Crippen LogP contribution in [0.5, 0.6) is 0 Å². The molecule has 116 valence electrons. The lowest BCUT2D eigenvalue weighted by Gasteiger charge is -2.21. The van der Waals surface area contributed by atoms with E-state index in [0.29, 0.717) is 24.3 Å². The lowest BCUT2D eigenvalue weighted by atomic mass is 9.92. The van der Waals surface area contributed by atoms with E-state index in [2.05, 4.69) is 4.72 Å². The topological polar surface area (TPSA) is 72.5 Å². The zero-order valence-electron chi connectivity index (χ0n) is 12.4. The standard InChI is InChI=1S/C15H21NO4S/c1-3-11-21(18,19)16-13-7-5-12(6-8-13)14(17)15(2)9-4-10-20-15/h5-8,16H,3-4,9-11H2,1-2H3. The predicted molar refractivity (Wildman–Crippen MR) is 82.1 cm³/mol. The minimum absolute atomic E-state index is 0.0528. The summed E-state index contributed by atoms with van der Waals surface area (Å²) in [6.45, 7) is 4.22. The maximum atomic E-state index is 12.4. The van der Waals surface area contributed by atoms with Crippen LogP contribution in [-0.4, -0.2) is 32.2 Å². The Balaban J connectivity index is 2.10. The van der Waals surface area contributed by atoms with Crippen LogP contribution in [0.3, 0.4) is 0 Å². The molecule has 2 rings (SSSR count). The van der Waals surface area contributed by atoms with Crippen LogP contribution in [0.1, 0.15) is 43.5 Å². The van der Waals surface area contributed by atoms with Gasteiger partial charge in [-0.15, -0.1) is 0 Å². The van der Waals surface area contributed by atoms with Gasteiger partial charge in [-0.2, -0.15) is 0 Å². The highest BCUT2D eigenvalue weighted by molar-refractivity contribution is 7.92. The molecule has 1 fully saturated rings. The van der Waals surface area contributed by atoms with Gasteiger partial charge >= 0.3 is 0 Å². The number of Topliss-reactive ketones (excluding diaryl/α,β-unsaturated/α-hetero) is 1. The fraction of sp³-hybridized carbons (Fsp3) is 0.533. The number of anilines is 1. The molecule has 1 aromatic carbocycles. The molecule has 21 heavy (non-hydrogen) atoms. The molecule has 6 heteroatoms. The van der Waals surface area contributed by atoms with Crippen molar-refractivity contribution in [2.45, 2.75) is 38.7 Å². The van der Waals surface area contributed by atoms with Gasteiger partial charge in [0, 0.05) is 17.9 Å². The van der Waals surface area contributed by atoms with Crippen LogP contribution in [0.25, 0.3) is 0 Å². The Labute approximate surface area is 125 Å². The Kier molecular flexibility index (Phi) is 4.68. The van der Waals surface area contributed by atoms with E-state index < -0.39 is 15.6 Å². The van der Waals surface area contributed by atoms with Gasteiger partial charge < -0.3 is 4.74 Å². The second-order valence-electron chi connectivity index (χ2n) is 5.51. The molecule has 0 aliphatic carbocycles. The zero-order chi connectivity index (χ0) is 15.5. The van der Waals surface area contributed by atoms with Crippen molar-refractivity contribution in [3.05, 3.63) is 29.8 Å². The van der Waals surface area contributed by atoms with Crippen LogP contribution in [0.2, 0.25) is 0 Å². The third kappa shape index (κ3) is 3.83. The maximum absolute atomic E-state index is 12.4. The molecule has 1 heterocycles. The second-order valence-corrected chi connectivity index (χ2v) is 7.35. The zero-order valence-corrected chi connectivity index (χ0v) is 13.2. The van der Waals surface area contributed by atoms with Gasteiger partial charge in [-0.3, -0.25) is 9.52 Å². The Morgan fingerprint density at radius 2 is 2.00 bits per heavy atom. The lowest BCUT2D eigenvalue weighted by molar-refractivity contribution is 0.0213. The molecule has 0 amide bonds. The van der Waals surface area contributed by atoms with Crippen molar-refractivity contribution < 1.29 is 17.9 Å². The normalized spacial score (nSPS) is 22.2. The number of rotatable bonds is 6. The number of ketones is 1. The van der Waals surface area contributed by atoms with Gasteiger partial charge in [-0.1, -0.05) is 6.92 Å². The van der Waals surface area contributed by atoms with Crippen LogP contribution in [-0.2, 0) is 14.8 Å². The molecule has 0 spiro atoms. The van der Waals surface area contributed by atoms with E-state index in [1.54, 1.807) is 31.2 Å². The quantitative estimate of drug-likeness (QED) is 0.820. The molecule has 1 N–H and O–H groups in total. The average Bonchev–Trinajstić information content (AvgIpc) is 2.86. The molecule has 1 aliphatic heterocycles. The molecule has 1 saturated heterocycles. The summed E-state index contributed by atoms with van der Waals surface area (Å²) in [5, 5.41) is 0. The number of benzene rings is 1. The van der Waals surface area contributed by atoms with Crippen LogP contribution in [0.15, 0.2) is 24.3 Å². The van der Waals surface area contributed by atoms with Crippen molar-refractivity contribution >= 4 is 21.5 Å². The van der Waals surface area contributed by atoms with Gasteiger partial charge in [-0.05, 0) is 50.5 Å². The minimum Gasteiger partial charge on any atom is -0.367 e. The first kappa shape index (κ1) is 16.0. The highest BCUT2D eigenvalue weighted by Gasteiger charge is 2.38. The molecular weight excluding hydrogens is 290 g/mol. The summed E-state index contributed by atoms with van der Waals surface area (Å²) in [5.41, 5.74) is 0.263. The largest absolute Gasteiger partial charge is 0.367 e. The van der Waals surface area contributed by atoms with Crippen LogP contribution < -0.4 is 4.72 Å². The van der Waals surface area contributed by atoms with E-state index >= 15 is 0 Å².